The number of benzene rings is 1. The van der Waals surface area contributed by atoms with Crippen molar-refractivity contribution in [2.24, 2.45) is 0 Å². The van der Waals surface area contributed by atoms with Gasteiger partial charge in [-0.05, 0) is 6.42 Å². The van der Waals surface area contributed by atoms with Gasteiger partial charge >= 0.3 is 5.69 Å². The molecule has 5 nitrogen and oxygen atoms in total. The van der Waals surface area contributed by atoms with Crippen LogP contribution in [0.2, 0.25) is 0 Å². The van der Waals surface area contributed by atoms with Crippen molar-refractivity contribution in [3.05, 3.63) is 53.2 Å². The van der Waals surface area contributed by atoms with Gasteiger partial charge in [0.2, 0.25) is 0 Å². The number of aromatic nitrogens is 4. The maximum Gasteiger partial charge on any atom is 0.351 e. The molecule has 0 unspecified atom stereocenters. The highest BCUT2D eigenvalue weighted by atomic mass is 16.2. The Morgan fingerprint density at radius 1 is 1.21 bits per heavy atom. The highest BCUT2D eigenvalue weighted by Crippen LogP contribution is 2.16. The van der Waals surface area contributed by atoms with Gasteiger partial charge in [0.15, 0.2) is 5.65 Å². The number of aryl methyl sites for hydroxylation is 1. The Morgan fingerprint density at radius 2 is 2.00 bits per heavy atom. The fourth-order valence-electron chi connectivity index (χ4n) is 2.05. The molecule has 0 aliphatic carbocycles. The molecule has 19 heavy (non-hydrogen) atoms. The van der Waals surface area contributed by atoms with E-state index in [0.717, 1.165) is 17.7 Å². The van der Waals surface area contributed by atoms with E-state index in [4.69, 9.17) is 0 Å². The van der Waals surface area contributed by atoms with Crippen LogP contribution in [0.25, 0.3) is 16.9 Å². The van der Waals surface area contributed by atoms with E-state index < -0.39 is 0 Å². The zero-order valence-electron chi connectivity index (χ0n) is 10.7. The van der Waals surface area contributed by atoms with Crippen LogP contribution in [-0.2, 0) is 6.54 Å². The summed E-state index contributed by atoms with van der Waals surface area (Å²) >= 11 is 0. The molecule has 0 saturated carbocycles. The van der Waals surface area contributed by atoms with E-state index in [1.54, 1.807) is 6.33 Å². The SMILES string of the molecule is CCCn1nc2cc(-c3ccccc3)ncn2c1=O. The van der Waals surface area contributed by atoms with Crippen LogP contribution in [-0.4, -0.2) is 19.2 Å². The average Bonchev–Trinajstić information content (AvgIpc) is 2.76. The Morgan fingerprint density at radius 3 is 2.74 bits per heavy atom. The Kier molecular flexibility index (Phi) is 2.87. The minimum absolute atomic E-state index is 0.135. The Labute approximate surface area is 110 Å². The molecule has 2 aromatic heterocycles. The first-order valence-corrected chi connectivity index (χ1v) is 6.30. The van der Waals surface area contributed by atoms with Gasteiger partial charge in [-0.15, -0.1) is 5.10 Å². The van der Waals surface area contributed by atoms with Gasteiger partial charge in [0.05, 0.1) is 5.69 Å². The van der Waals surface area contributed by atoms with Crippen LogP contribution >= 0.6 is 0 Å². The van der Waals surface area contributed by atoms with Gasteiger partial charge in [-0.25, -0.2) is 18.9 Å². The summed E-state index contributed by atoms with van der Waals surface area (Å²) in [6.07, 6.45) is 2.42. The predicted octanol–water partition coefficient (Wildman–Crippen LogP) is 1.97. The molecule has 3 rings (SSSR count). The summed E-state index contributed by atoms with van der Waals surface area (Å²) in [7, 11) is 0. The van der Waals surface area contributed by atoms with Crippen molar-refractivity contribution in [2.45, 2.75) is 19.9 Å². The zero-order chi connectivity index (χ0) is 13.2. The molecule has 0 saturated heterocycles. The molecular weight excluding hydrogens is 240 g/mol. The summed E-state index contributed by atoms with van der Waals surface area (Å²) in [5.74, 6) is 0. The van der Waals surface area contributed by atoms with E-state index in [1.165, 1.54) is 9.08 Å². The lowest BCUT2D eigenvalue weighted by atomic mass is 10.1. The third-order valence-electron chi connectivity index (χ3n) is 2.98. The summed E-state index contributed by atoms with van der Waals surface area (Å²) < 4.78 is 2.95. The summed E-state index contributed by atoms with van der Waals surface area (Å²) in [5.41, 5.74) is 2.33. The van der Waals surface area contributed by atoms with Gasteiger partial charge in [0, 0.05) is 18.2 Å². The zero-order valence-corrected chi connectivity index (χ0v) is 10.7. The largest absolute Gasteiger partial charge is 0.351 e. The summed E-state index contributed by atoms with van der Waals surface area (Å²) in [6.45, 7) is 2.64. The topological polar surface area (TPSA) is 52.2 Å². The Balaban J connectivity index is 2.14. The number of rotatable bonds is 3. The van der Waals surface area contributed by atoms with Crippen LogP contribution in [0.3, 0.4) is 0 Å². The lowest BCUT2D eigenvalue weighted by Gasteiger charge is -1.99. The second-order valence-corrected chi connectivity index (χ2v) is 4.37. The number of hydrogen-bond acceptors (Lipinski definition) is 3. The number of hydrogen-bond donors (Lipinski definition) is 0. The molecule has 0 spiro atoms. The van der Waals surface area contributed by atoms with Gasteiger partial charge in [-0.3, -0.25) is 0 Å². The molecule has 96 valence electrons. The standard InChI is InChI=1S/C14H14N4O/c1-2-8-18-14(19)17-10-15-12(9-13(17)16-18)11-6-4-3-5-7-11/h3-7,9-10H,2,8H2,1H3. The van der Waals surface area contributed by atoms with Crippen molar-refractivity contribution in [3.63, 3.8) is 0 Å². The van der Waals surface area contributed by atoms with E-state index in [2.05, 4.69) is 10.1 Å². The van der Waals surface area contributed by atoms with Crippen molar-refractivity contribution in [1.82, 2.24) is 19.2 Å². The Bertz CT molecular complexity index is 758. The van der Waals surface area contributed by atoms with Crippen molar-refractivity contribution >= 4 is 5.65 Å². The van der Waals surface area contributed by atoms with E-state index in [0.29, 0.717) is 12.2 Å². The molecule has 0 radical (unpaired) electrons. The first kappa shape index (κ1) is 11.6. The second-order valence-electron chi connectivity index (χ2n) is 4.37. The molecule has 3 aromatic rings. The first-order chi connectivity index (χ1) is 9.29. The number of nitrogens with zero attached hydrogens (tertiary/aromatic N) is 4. The molecule has 1 aromatic carbocycles. The third kappa shape index (κ3) is 2.03. The molecule has 5 heteroatoms. The minimum atomic E-state index is -0.135. The quantitative estimate of drug-likeness (QED) is 0.718. The molecule has 0 aliphatic rings. The van der Waals surface area contributed by atoms with E-state index in [-0.39, 0.29) is 5.69 Å². The van der Waals surface area contributed by atoms with E-state index in [1.807, 2.05) is 43.3 Å². The normalized spacial score (nSPS) is 11.0. The minimum Gasteiger partial charge on any atom is -0.246 e. The van der Waals surface area contributed by atoms with Crippen LogP contribution < -0.4 is 5.69 Å². The van der Waals surface area contributed by atoms with Gasteiger partial charge in [-0.2, -0.15) is 0 Å². The van der Waals surface area contributed by atoms with Crippen molar-refractivity contribution in [1.29, 1.82) is 0 Å². The van der Waals surface area contributed by atoms with Crippen LogP contribution in [0.5, 0.6) is 0 Å². The molecule has 0 fully saturated rings. The molecule has 0 atom stereocenters. The molecular formula is C14H14N4O. The maximum absolute atomic E-state index is 12.0. The molecule has 0 amide bonds. The van der Waals surface area contributed by atoms with Crippen molar-refractivity contribution in [2.75, 3.05) is 0 Å². The van der Waals surface area contributed by atoms with Gasteiger partial charge in [0.1, 0.15) is 6.33 Å². The highest BCUT2D eigenvalue weighted by Gasteiger charge is 2.08. The summed E-state index contributed by atoms with van der Waals surface area (Å²) in [4.78, 5) is 16.3. The lowest BCUT2D eigenvalue weighted by molar-refractivity contribution is 0.581. The highest BCUT2D eigenvalue weighted by molar-refractivity contribution is 5.62. The van der Waals surface area contributed by atoms with E-state index >= 15 is 0 Å². The van der Waals surface area contributed by atoms with Crippen LogP contribution in [0.4, 0.5) is 0 Å². The van der Waals surface area contributed by atoms with Gasteiger partial charge in [0.25, 0.3) is 0 Å². The maximum atomic E-state index is 12.0. The fourth-order valence-corrected chi connectivity index (χ4v) is 2.05. The van der Waals surface area contributed by atoms with E-state index in [9.17, 15) is 4.79 Å². The lowest BCUT2D eigenvalue weighted by Crippen LogP contribution is -2.20. The molecule has 0 bridgehead atoms. The predicted molar refractivity (Wildman–Crippen MR) is 73.0 cm³/mol. The van der Waals surface area contributed by atoms with Crippen LogP contribution in [0.15, 0.2) is 47.5 Å². The Hall–Kier alpha value is -2.43. The smallest absolute Gasteiger partial charge is 0.246 e. The molecule has 2 heterocycles. The third-order valence-corrected chi connectivity index (χ3v) is 2.98. The summed E-state index contributed by atoms with van der Waals surface area (Å²) in [5, 5.41) is 4.32. The van der Waals surface area contributed by atoms with Gasteiger partial charge in [-0.1, -0.05) is 37.3 Å². The fraction of sp³-hybridized carbons (Fsp3) is 0.214. The molecule has 0 aliphatic heterocycles. The van der Waals surface area contributed by atoms with Crippen LogP contribution in [0, 0.1) is 0 Å². The van der Waals surface area contributed by atoms with Crippen molar-refractivity contribution < 1.29 is 0 Å². The molecule has 0 N–H and O–H groups in total. The second kappa shape index (κ2) is 4.68. The van der Waals surface area contributed by atoms with Gasteiger partial charge < -0.3 is 0 Å². The van der Waals surface area contributed by atoms with Crippen molar-refractivity contribution in [3.8, 4) is 11.3 Å². The monoisotopic (exact) mass is 254 g/mol. The summed E-state index contributed by atoms with van der Waals surface area (Å²) in [6, 6.07) is 11.7. The average molecular weight is 254 g/mol. The van der Waals surface area contributed by atoms with Crippen LogP contribution in [0.1, 0.15) is 13.3 Å². The first-order valence-electron chi connectivity index (χ1n) is 6.30. The number of fused-ring (bicyclic) bond motifs is 1.